The van der Waals surface area contributed by atoms with Crippen LogP contribution in [0.2, 0.25) is 0 Å². The predicted molar refractivity (Wildman–Crippen MR) is 123 cm³/mol. The number of hydrogen-bond acceptors (Lipinski definition) is 6. The monoisotopic (exact) mass is 434 g/mol. The highest BCUT2D eigenvalue weighted by atomic mass is 32.1. The molecule has 1 aliphatic rings. The summed E-state index contributed by atoms with van der Waals surface area (Å²) in [6.07, 6.45) is 7.53. The van der Waals surface area contributed by atoms with Crippen LogP contribution in [0.5, 0.6) is 11.5 Å². The number of likely N-dealkylation sites (tertiary alicyclic amines) is 1. The molecule has 0 unspecified atom stereocenters. The molecule has 0 atom stereocenters. The Kier molecular flexibility index (Phi) is 5.53. The van der Waals surface area contributed by atoms with Crippen molar-refractivity contribution in [1.82, 2.24) is 14.9 Å². The molecule has 5 rings (SSSR count). The fourth-order valence-corrected chi connectivity index (χ4v) is 4.92. The Morgan fingerprint density at radius 2 is 1.87 bits per heavy atom. The number of pyridine rings is 2. The van der Waals surface area contributed by atoms with Crippen molar-refractivity contribution >= 4 is 27.2 Å². The fraction of sp³-hybridized carbons (Fsp3) is 0.250. The summed E-state index contributed by atoms with van der Waals surface area (Å²) in [5, 5.41) is 0. The van der Waals surface area contributed by atoms with E-state index in [0.29, 0.717) is 11.4 Å². The van der Waals surface area contributed by atoms with Crippen LogP contribution in [0, 0.1) is 5.82 Å². The number of halogens is 1. The number of anilines is 1. The van der Waals surface area contributed by atoms with Gasteiger partial charge in [0.25, 0.3) is 0 Å². The molecule has 158 valence electrons. The number of benzene rings is 1. The molecule has 1 fully saturated rings. The van der Waals surface area contributed by atoms with Gasteiger partial charge in [-0.1, -0.05) is 12.5 Å². The van der Waals surface area contributed by atoms with E-state index in [1.165, 1.54) is 61.4 Å². The molecule has 0 amide bonds. The molecule has 7 heteroatoms. The summed E-state index contributed by atoms with van der Waals surface area (Å²) in [6, 6.07) is 12.4. The zero-order chi connectivity index (χ0) is 21.2. The first-order valence-corrected chi connectivity index (χ1v) is 11.3. The smallest absolute Gasteiger partial charge is 0.167 e. The van der Waals surface area contributed by atoms with Crippen molar-refractivity contribution in [2.75, 3.05) is 18.8 Å². The van der Waals surface area contributed by atoms with Gasteiger partial charge in [-0.3, -0.25) is 14.9 Å². The molecule has 0 spiro atoms. The number of aromatic nitrogens is 2. The second-order valence-electron chi connectivity index (χ2n) is 7.81. The van der Waals surface area contributed by atoms with Gasteiger partial charge >= 0.3 is 0 Å². The third-order valence-electron chi connectivity index (χ3n) is 5.48. The van der Waals surface area contributed by atoms with Crippen LogP contribution < -0.4 is 10.5 Å². The quantitative estimate of drug-likeness (QED) is 0.399. The predicted octanol–water partition coefficient (Wildman–Crippen LogP) is 5.86. The standard InChI is InChI=1S/C24H23FN4OS/c25-18-12-17(26)5-7-21(18)30-22-8-9-27-20-13-23(31-24(20)22)19-6-4-16(14-28-19)15-29-10-2-1-3-11-29/h4-9,12-14H,1-3,10-11,15,26H2. The Morgan fingerprint density at radius 3 is 2.65 bits per heavy atom. The fourth-order valence-electron chi connectivity index (χ4n) is 3.88. The van der Waals surface area contributed by atoms with Crippen molar-refractivity contribution in [1.29, 1.82) is 0 Å². The van der Waals surface area contributed by atoms with Gasteiger partial charge in [-0.05, 0) is 55.8 Å². The number of thiophene rings is 1. The molecule has 5 nitrogen and oxygen atoms in total. The summed E-state index contributed by atoms with van der Waals surface area (Å²) >= 11 is 1.54. The summed E-state index contributed by atoms with van der Waals surface area (Å²) in [5.41, 5.74) is 8.91. The molecule has 1 saturated heterocycles. The molecule has 1 aromatic carbocycles. The second-order valence-corrected chi connectivity index (χ2v) is 8.87. The van der Waals surface area contributed by atoms with E-state index in [1.54, 1.807) is 18.3 Å². The van der Waals surface area contributed by atoms with Crippen molar-refractivity contribution < 1.29 is 9.13 Å². The highest BCUT2D eigenvalue weighted by Crippen LogP contribution is 2.39. The SMILES string of the molecule is Nc1ccc(Oc2ccnc3cc(-c4ccc(CN5CCCCC5)cn4)sc23)c(F)c1. The zero-order valence-electron chi connectivity index (χ0n) is 17.1. The van der Waals surface area contributed by atoms with Gasteiger partial charge < -0.3 is 10.5 Å². The molecular formula is C24H23FN4OS. The first-order chi connectivity index (χ1) is 15.2. The minimum absolute atomic E-state index is 0.136. The van der Waals surface area contributed by atoms with Crippen molar-refractivity contribution in [3.63, 3.8) is 0 Å². The van der Waals surface area contributed by atoms with Gasteiger partial charge in [0.15, 0.2) is 11.6 Å². The van der Waals surface area contributed by atoms with Gasteiger partial charge in [0.2, 0.25) is 0 Å². The Balaban J connectivity index is 1.39. The van der Waals surface area contributed by atoms with E-state index < -0.39 is 5.82 Å². The number of rotatable bonds is 5. The van der Waals surface area contributed by atoms with Crippen LogP contribution in [-0.4, -0.2) is 28.0 Å². The van der Waals surface area contributed by atoms with Crippen molar-refractivity contribution in [2.45, 2.75) is 25.8 Å². The Bertz CT molecular complexity index is 1200. The summed E-state index contributed by atoms with van der Waals surface area (Å²) in [5.74, 6) is 0.205. The van der Waals surface area contributed by atoms with Crippen LogP contribution in [0.15, 0.2) is 54.9 Å². The van der Waals surface area contributed by atoms with Gasteiger partial charge in [-0.2, -0.15) is 0 Å². The number of piperidine rings is 1. The number of fused-ring (bicyclic) bond motifs is 1. The van der Waals surface area contributed by atoms with Crippen LogP contribution in [-0.2, 0) is 6.54 Å². The van der Waals surface area contributed by atoms with E-state index in [-0.39, 0.29) is 5.75 Å². The molecular weight excluding hydrogens is 411 g/mol. The number of nitrogens with zero attached hydrogens (tertiary/aromatic N) is 3. The van der Waals surface area contributed by atoms with Gasteiger partial charge in [0, 0.05) is 36.8 Å². The first kappa shape index (κ1) is 19.9. The van der Waals surface area contributed by atoms with E-state index in [9.17, 15) is 4.39 Å². The number of nitrogens with two attached hydrogens (primary N) is 1. The average molecular weight is 435 g/mol. The van der Waals surface area contributed by atoms with E-state index in [1.807, 2.05) is 12.3 Å². The minimum atomic E-state index is -0.493. The number of nitrogen functional groups attached to an aromatic ring is 1. The molecule has 31 heavy (non-hydrogen) atoms. The Hall–Kier alpha value is -3.03. The van der Waals surface area contributed by atoms with Crippen LogP contribution in [0.3, 0.4) is 0 Å². The van der Waals surface area contributed by atoms with E-state index >= 15 is 0 Å². The second kappa shape index (κ2) is 8.61. The molecule has 4 aromatic rings. The largest absolute Gasteiger partial charge is 0.453 e. The topological polar surface area (TPSA) is 64.3 Å². The third kappa shape index (κ3) is 4.38. The van der Waals surface area contributed by atoms with Gasteiger partial charge in [-0.25, -0.2) is 4.39 Å². The lowest BCUT2D eigenvalue weighted by Gasteiger charge is -2.26. The summed E-state index contributed by atoms with van der Waals surface area (Å²) in [4.78, 5) is 12.6. The summed E-state index contributed by atoms with van der Waals surface area (Å²) in [6.45, 7) is 3.29. The Morgan fingerprint density at radius 1 is 1.00 bits per heavy atom. The van der Waals surface area contributed by atoms with Crippen LogP contribution in [0.25, 0.3) is 20.8 Å². The Labute approximate surface area is 184 Å². The first-order valence-electron chi connectivity index (χ1n) is 10.4. The molecule has 4 heterocycles. The highest BCUT2D eigenvalue weighted by molar-refractivity contribution is 7.22. The lowest BCUT2D eigenvalue weighted by molar-refractivity contribution is 0.220. The average Bonchev–Trinajstić information content (AvgIpc) is 3.22. The molecule has 2 N–H and O–H groups in total. The van der Waals surface area contributed by atoms with Crippen LogP contribution in [0.4, 0.5) is 10.1 Å². The normalized spacial score (nSPS) is 14.7. The van der Waals surface area contributed by atoms with Crippen LogP contribution in [0.1, 0.15) is 24.8 Å². The molecule has 1 aliphatic heterocycles. The zero-order valence-corrected chi connectivity index (χ0v) is 17.9. The maximum Gasteiger partial charge on any atom is 0.167 e. The molecule has 0 bridgehead atoms. The number of ether oxygens (including phenoxy) is 1. The number of hydrogen-bond donors (Lipinski definition) is 1. The van der Waals surface area contributed by atoms with Gasteiger partial charge in [0.05, 0.1) is 20.8 Å². The maximum atomic E-state index is 14.2. The lowest BCUT2D eigenvalue weighted by atomic mass is 10.1. The van der Waals surface area contributed by atoms with Gasteiger partial charge in [-0.15, -0.1) is 11.3 Å². The van der Waals surface area contributed by atoms with E-state index in [2.05, 4.69) is 27.0 Å². The summed E-state index contributed by atoms with van der Waals surface area (Å²) < 4.78 is 20.9. The van der Waals surface area contributed by atoms with Crippen molar-refractivity contribution in [3.05, 3.63) is 66.2 Å². The lowest BCUT2D eigenvalue weighted by Crippen LogP contribution is -2.29. The highest BCUT2D eigenvalue weighted by Gasteiger charge is 2.14. The van der Waals surface area contributed by atoms with Crippen molar-refractivity contribution in [3.8, 4) is 22.1 Å². The molecule has 0 aliphatic carbocycles. The third-order valence-corrected chi connectivity index (χ3v) is 6.65. The van der Waals surface area contributed by atoms with Crippen LogP contribution >= 0.6 is 11.3 Å². The van der Waals surface area contributed by atoms with E-state index in [4.69, 9.17) is 10.5 Å². The molecule has 3 aromatic heterocycles. The minimum Gasteiger partial charge on any atom is -0.453 e. The van der Waals surface area contributed by atoms with E-state index in [0.717, 1.165) is 27.3 Å². The van der Waals surface area contributed by atoms with Crippen molar-refractivity contribution in [2.24, 2.45) is 0 Å². The molecule has 0 saturated carbocycles. The maximum absolute atomic E-state index is 14.2. The van der Waals surface area contributed by atoms with Gasteiger partial charge in [0.1, 0.15) is 5.75 Å². The summed E-state index contributed by atoms with van der Waals surface area (Å²) in [7, 11) is 0. The molecule has 0 radical (unpaired) electrons.